The van der Waals surface area contributed by atoms with Crippen LogP contribution in [0.4, 0.5) is 9.18 Å². The lowest BCUT2D eigenvalue weighted by atomic mass is 10.3. The standard InChI is InChI=1S/C13H15FN2O2/c1-2-15-13(17)16-9-5-6-10-18-12-8-4-3-7-11(12)14/h3-4,7-8H,2,9-10H2,1H3,(H2,15,16,17). The lowest BCUT2D eigenvalue weighted by molar-refractivity contribution is 0.242. The molecule has 2 N–H and O–H groups in total. The molecule has 0 spiro atoms. The second kappa shape index (κ2) is 7.96. The molecule has 0 atom stereocenters. The quantitative estimate of drug-likeness (QED) is 0.796. The lowest BCUT2D eigenvalue weighted by Crippen LogP contribution is -2.35. The molecule has 0 aliphatic carbocycles. The number of hydrogen-bond acceptors (Lipinski definition) is 2. The molecule has 0 aliphatic rings. The summed E-state index contributed by atoms with van der Waals surface area (Å²) in [7, 11) is 0. The highest BCUT2D eigenvalue weighted by atomic mass is 19.1. The van der Waals surface area contributed by atoms with E-state index in [2.05, 4.69) is 22.5 Å². The van der Waals surface area contributed by atoms with Gasteiger partial charge in [0.1, 0.15) is 6.61 Å². The minimum Gasteiger partial charge on any atom is -0.478 e. The van der Waals surface area contributed by atoms with Crippen LogP contribution in [0.15, 0.2) is 24.3 Å². The highest BCUT2D eigenvalue weighted by molar-refractivity contribution is 5.73. The van der Waals surface area contributed by atoms with E-state index in [1.54, 1.807) is 12.1 Å². The molecule has 0 fully saturated rings. The van der Waals surface area contributed by atoms with Gasteiger partial charge in [-0.2, -0.15) is 0 Å². The molecule has 1 aromatic carbocycles. The van der Waals surface area contributed by atoms with Crippen LogP contribution in [0.2, 0.25) is 0 Å². The zero-order valence-electron chi connectivity index (χ0n) is 10.1. The fourth-order valence-corrected chi connectivity index (χ4v) is 1.14. The molecule has 5 heteroatoms. The van der Waals surface area contributed by atoms with Crippen LogP contribution in [-0.4, -0.2) is 25.7 Å². The number of halogens is 1. The van der Waals surface area contributed by atoms with Gasteiger partial charge in [0, 0.05) is 6.54 Å². The second-order valence-electron chi connectivity index (χ2n) is 3.29. The molecule has 96 valence electrons. The Morgan fingerprint density at radius 3 is 2.83 bits per heavy atom. The Morgan fingerprint density at radius 2 is 2.11 bits per heavy atom. The first-order chi connectivity index (χ1) is 8.74. The molecule has 0 saturated carbocycles. The van der Waals surface area contributed by atoms with Gasteiger partial charge < -0.3 is 15.4 Å². The number of carbonyl (C=O) groups is 1. The number of urea groups is 1. The number of amides is 2. The third-order valence-corrected chi connectivity index (χ3v) is 1.94. The van der Waals surface area contributed by atoms with Crippen LogP contribution in [0.1, 0.15) is 6.92 Å². The van der Waals surface area contributed by atoms with E-state index in [1.807, 2.05) is 6.92 Å². The van der Waals surface area contributed by atoms with Gasteiger partial charge in [0.25, 0.3) is 0 Å². The second-order valence-corrected chi connectivity index (χ2v) is 3.29. The number of hydrogen-bond donors (Lipinski definition) is 2. The van der Waals surface area contributed by atoms with Crippen molar-refractivity contribution in [2.45, 2.75) is 6.92 Å². The summed E-state index contributed by atoms with van der Waals surface area (Å²) in [4.78, 5) is 11.0. The maximum Gasteiger partial charge on any atom is 0.315 e. The van der Waals surface area contributed by atoms with Crippen LogP contribution in [0.5, 0.6) is 5.75 Å². The minimum atomic E-state index is -0.417. The number of ether oxygens (including phenoxy) is 1. The Hall–Kier alpha value is -2.22. The van der Waals surface area contributed by atoms with Crippen molar-refractivity contribution in [1.82, 2.24) is 10.6 Å². The molecule has 0 saturated heterocycles. The highest BCUT2D eigenvalue weighted by Crippen LogP contribution is 2.14. The molecule has 18 heavy (non-hydrogen) atoms. The van der Waals surface area contributed by atoms with Gasteiger partial charge in [-0.3, -0.25) is 0 Å². The molecular formula is C13H15FN2O2. The topological polar surface area (TPSA) is 50.4 Å². The zero-order chi connectivity index (χ0) is 13.2. The summed E-state index contributed by atoms with van der Waals surface area (Å²) in [5, 5.41) is 5.11. The molecule has 0 heterocycles. The largest absolute Gasteiger partial charge is 0.478 e. The Kier molecular flexibility index (Phi) is 6.12. The smallest absolute Gasteiger partial charge is 0.315 e. The van der Waals surface area contributed by atoms with Crippen LogP contribution in [-0.2, 0) is 0 Å². The van der Waals surface area contributed by atoms with Gasteiger partial charge in [0.05, 0.1) is 6.54 Å². The molecule has 1 aromatic rings. The molecule has 4 nitrogen and oxygen atoms in total. The first-order valence-corrected chi connectivity index (χ1v) is 5.58. The molecule has 0 aliphatic heterocycles. The molecule has 0 radical (unpaired) electrons. The van der Waals surface area contributed by atoms with Gasteiger partial charge in [-0.25, -0.2) is 9.18 Å². The molecule has 0 aromatic heterocycles. The Balaban J connectivity index is 2.22. The normalized spacial score (nSPS) is 9.00. The molecular weight excluding hydrogens is 235 g/mol. The van der Waals surface area contributed by atoms with E-state index in [-0.39, 0.29) is 24.9 Å². The number of carbonyl (C=O) groups excluding carboxylic acids is 1. The predicted octanol–water partition coefficient (Wildman–Crippen LogP) is 1.53. The average Bonchev–Trinajstić information content (AvgIpc) is 2.36. The summed E-state index contributed by atoms with van der Waals surface area (Å²) < 4.78 is 18.2. The van der Waals surface area contributed by atoms with Crippen molar-refractivity contribution in [3.63, 3.8) is 0 Å². The summed E-state index contributed by atoms with van der Waals surface area (Å²) in [6.45, 7) is 2.70. The summed E-state index contributed by atoms with van der Waals surface area (Å²) in [6, 6.07) is 5.86. The zero-order valence-corrected chi connectivity index (χ0v) is 10.1. The van der Waals surface area contributed by atoms with E-state index in [9.17, 15) is 9.18 Å². The van der Waals surface area contributed by atoms with Crippen molar-refractivity contribution in [2.24, 2.45) is 0 Å². The molecule has 0 unspecified atom stereocenters. The summed E-state index contributed by atoms with van der Waals surface area (Å²) >= 11 is 0. The van der Waals surface area contributed by atoms with Gasteiger partial charge in [-0.05, 0) is 19.1 Å². The third-order valence-electron chi connectivity index (χ3n) is 1.94. The third kappa shape index (κ3) is 5.21. The average molecular weight is 250 g/mol. The monoisotopic (exact) mass is 250 g/mol. The van der Waals surface area contributed by atoms with Crippen LogP contribution in [0.3, 0.4) is 0 Å². The predicted molar refractivity (Wildman–Crippen MR) is 66.7 cm³/mol. The van der Waals surface area contributed by atoms with Gasteiger partial charge in [0.15, 0.2) is 11.6 Å². The molecule has 2 amide bonds. The van der Waals surface area contributed by atoms with E-state index in [1.165, 1.54) is 12.1 Å². The van der Waals surface area contributed by atoms with Gasteiger partial charge in [-0.1, -0.05) is 24.0 Å². The Bertz CT molecular complexity index is 452. The van der Waals surface area contributed by atoms with Crippen molar-refractivity contribution in [1.29, 1.82) is 0 Å². The molecule has 0 bridgehead atoms. The fraction of sp³-hybridized carbons (Fsp3) is 0.308. The van der Waals surface area contributed by atoms with Gasteiger partial charge in [-0.15, -0.1) is 0 Å². The minimum absolute atomic E-state index is 0.0814. The first-order valence-electron chi connectivity index (χ1n) is 5.58. The van der Waals surface area contributed by atoms with Crippen molar-refractivity contribution in [3.8, 4) is 17.6 Å². The van der Waals surface area contributed by atoms with E-state index in [0.717, 1.165) is 0 Å². The van der Waals surface area contributed by atoms with E-state index in [0.29, 0.717) is 6.54 Å². The van der Waals surface area contributed by atoms with E-state index >= 15 is 0 Å². The lowest BCUT2D eigenvalue weighted by Gasteiger charge is -2.02. The number of rotatable bonds is 4. The fourth-order valence-electron chi connectivity index (χ4n) is 1.14. The Labute approximate surface area is 106 Å². The van der Waals surface area contributed by atoms with Crippen LogP contribution in [0, 0.1) is 17.7 Å². The summed E-state index contributed by atoms with van der Waals surface area (Å²) in [6.07, 6.45) is 0. The first kappa shape index (κ1) is 13.8. The molecule has 1 rings (SSSR count). The number of para-hydroxylation sites is 1. The maximum absolute atomic E-state index is 13.1. The van der Waals surface area contributed by atoms with Crippen molar-refractivity contribution in [3.05, 3.63) is 30.1 Å². The van der Waals surface area contributed by atoms with E-state index < -0.39 is 5.82 Å². The van der Waals surface area contributed by atoms with Crippen LogP contribution in [0.25, 0.3) is 0 Å². The summed E-state index contributed by atoms with van der Waals surface area (Å²) in [5.74, 6) is 5.13. The Morgan fingerprint density at radius 1 is 1.33 bits per heavy atom. The SMILES string of the molecule is CCNC(=O)NCC#CCOc1ccccc1F. The van der Waals surface area contributed by atoms with Crippen LogP contribution < -0.4 is 15.4 Å². The number of nitrogens with one attached hydrogen (secondary N) is 2. The number of benzene rings is 1. The van der Waals surface area contributed by atoms with Gasteiger partial charge in [0.2, 0.25) is 0 Å². The highest BCUT2D eigenvalue weighted by Gasteiger charge is 1.98. The van der Waals surface area contributed by atoms with Crippen molar-refractivity contribution >= 4 is 6.03 Å². The van der Waals surface area contributed by atoms with Gasteiger partial charge >= 0.3 is 6.03 Å². The van der Waals surface area contributed by atoms with E-state index in [4.69, 9.17) is 4.74 Å². The summed E-state index contributed by atoms with van der Waals surface area (Å²) in [5.41, 5.74) is 0. The van der Waals surface area contributed by atoms with Crippen molar-refractivity contribution < 1.29 is 13.9 Å². The van der Waals surface area contributed by atoms with Crippen molar-refractivity contribution in [2.75, 3.05) is 19.7 Å². The van der Waals surface area contributed by atoms with Crippen LogP contribution >= 0.6 is 0 Å². The maximum atomic E-state index is 13.1.